The molecular formula is C10H16OS. The van der Waals surface area contributed by atoms with E-state index in [2.05, 4.69) is 26.8 Å². The van der Waals surface area contributed by atoms with E-state index in [4.69, 9.17) is 0 Å². The summed E-state index contributed by atoms with van der Waals surface area (Å²) in [6, 6.07) is 0. The highest BCUT2D eigenvalue weighted by Gasteiger charge is 2.29. The number of carbonyl (C=O) groups excluding carboxylic acids is 1. The van der Waals surface area contributed by atoms with Gasteiger partial charge in [0.05, 0.1) is 0 Å². The summed E-state index contributed by atoms with van der Waals surface area (Å²) in [5.74, 6) is 1.15. The van der Waals surface area contributed by atoms with Gasteiger partial charge in [-0.3, -0.25) is 4.79 Å². The maximum Gasteiger partial charge on any atom is 0.146 e. The SMILES string of the molecule is CC(C)(C)C1SCCC=C1C=O. The Labute approximate surface area is 78.6 Å². The molecule has 0 spiro atoms. The summed E-state index contributed by atoms with van der Waals surface area (Å²) in [5, 5.41) is 0.392. The average Bonchev–Trinajstić information content (AvgIpc) is 2.03. The van der Waals surface area contributed by atoms with E-state index in [0.29, 0.717) is 5.25 Å². The van der Waals surface area contributed by atoms with Gasteiger partial charge in [-0.15, -0.1) is 0 Å². The Hall–Kier alpha value is -0.240. The van der Waals surface area contributed by atoms with Crippen molar-refractivity contribution in [2.24, 2.45) is 5.41 Å². The third-order valence-corrected chi connectivity index (χ3v) is 3.79. The largest absolute Gasteiger partial charge is 0.298 e. The minimum atomic E-state index is 0.206. The van der Waals surface area contributed by atoms with Crippen molar-refractivity contribution in [3.63, 3.8) is 0 Å². The smallest absolute Gasteiger partial charge is 0.146 e. The average molecular weight is 184 g/mol. The fraction of sp³-hybridized carbons (Fsp3) is 0.700. The van der Waals surface area contributed by atoms with Gasteiger partial charge in [-0.2, -0.15) is 11.8 Å². The highest BCUT2D eigenvalue weighted by atomic mass is 32.2. The van der Waals surface area contributed by atoms with Crippen LogP contribution in [0.5, 0.6) is 0 Å². The van der Waals surface area contributed by atoms with Gasteiger partial charge < -0.3 is 0 Å². The zero-order chi connectivity index (χ0) is 9.19. The molecule has 1 aliphatic heterocycles. The van der Waals surface area contributed by atoms with E-state index in [0.717, 1.165) is 24.0 Å². The predicted molar refractivity (Wildman–Crippen MR) is 54.5 cm³/mol. The van der Waals surface area contributed by atoms with Gasteiger partial charge in [0.1, 0.15) is 6.29 Å². The first-order chi connectivity index (χ1) is 5.55. The Bertz CT molecular complexity index is 200. The van der Waals surface area contributed by atoms with Crippen LogP contribution in [0.1, 0.15) is 27.2 Å². The standard InChI is InChI=1S/C10H16OS/c1-10(2,3)9-8(7-11)5-4-6-12-9/h5,7,9H,4,6H2,1-3H3. The topological polar surface area (TPSA) is 17.1 Å². The first-order valence-electron chi connectivity index (χ1n) is 4.32. The van der Waals surface area contributed by atoms with Gasteiger partial charge in [-0.05, 0) is 17.6 Å². The number of rotatable bonds is 1. The lowest BCUT2D eigenvalue weighted by Gasteiger charge is -2.32. The summed E-state index contributed by atoms with van der Waals surface area (Å²) < 4.78 is 0. The van der Waals surface area contributed by atoms with Crippen LogP contribution in [0.15, 0.2) is 11.6 Å². The van der Waals surface area contributed by atoms with Crippen LogP contribution >= 0.6 is 11.8 Å². The molecule has 1 rings (SSSR count). The summed E-state index contributed by atoms with van der Waals surface area (Å²) in [7, 11) is 0. The molecule has 2 heteroatoms. The molecule has 1 atom stereocenters. The minimum Gasteiger partial charge on any atom is -0.298 e. The number of hydrogen-bond donors (Lipinski definition) is 0. The van der Waals surface area contributed by atoms with Gasteiger partial charge in [0.2, 0.25) is 0 Å². The second kappa shape index (κ2) is 3.65. The van der Waals surface area contributed by atoms with Gasteiger partial charge in [0, 0.05) is 10.8 Å². The molecule has 68 valence electrons. The summed E-state index contributed by atoms with van der Waals surface area (Å²) in [6.45, 7) is 6.56. The van der Waals surface area contributed by atoms with E-state index in [1.54, 1.807) is 0 Å². The summed E-state index contributed by atoms with van der Waals surface area (Å²) >= 11 is 1.90. The van der Waals surface area contributed by atoms with Crippen molar-refractivity contribution in [2.75, 3.05) is 5.75 Å². The molecular weight excluding hydrogens is 168 g/mol. The molecule has 1 heterocycles. The Morgan fingerprint density at radius 1 is 1.58 bits per heavy atom. The van der Waals surface area contributed by atoms with Crippen LogP contribution in [0.4, 0.5) is 0 Å². The zero-order valence-corrected chi connectivity index (χ0v) is 8.78. The number of hydrogen-bond acceptors (Lipinski definition) is 2. The molecule has 0 saturated heterocycles. The van der Waals surface area contributed by atoms with Crippen molar-refractivity contribution in [3.05, 3.63) is 11.6 Å². The number of thioether (sulfide) groups is 1. The third kappa shape index (κ3) is 2.13. The Kier molecular flexibility index (Phi) is 2.99. The highest BCUT2D eigenvalue weighted by molar-refractivity contribution is 8.00. The maximum atomic E-state index is 10.7. The van der Waals surface area contributed by atoms with Crippen molar-refractivity contribution >= 4 is 18.0 Å². The lowest BCUT2D eigenvalue weighted by Crippen LogP contribution is -2.28. The highest BCUT2D eigenvalue weighted by Crippen LogP contribution is 2.37. The van der Waals surface area contributed by atoms with Crippen LogP contribution in [0, 0.1) is 5.41 Å². The summed E-state index contributed by atoms with van der Waals surface area (Å²) in [6.07, 6.45) is 4.15. The van der Waals surface area contributed by atoms with E-state index in [-0.39, 0.29) is 5.41 Å². The second-order valence-electron chi connectivity index (χ2n) is 4.23. The number of aldehydes is 1. The number of carbonyl (C=O) groups is 1. The minimum absolute atomic E-state index is 0.206. The molecule has 0 aromatic rings. The first kappa shape index (κ1) is 9.85. The van der Waals surface area contributed by atoms with Crippen LogP contribution in [0.25, 0.3) is 0 Å². The first-order valence-corrected chi connectivity index (χ1v) is 5.37. The van der Waals surface area contributed by atoms with E-state index in [1.165, 1.54) is 0 Å². The van der Waals surface area contributed by atoms with E-state index >= 15 is 0 Å². The fourth-order valence-corrected chi connectivity index (χ4v) is 2.81. The van der Waals surface area contributed by atoms with Crippen molar-refractivity contribution in [3.8, 4) is 0 Å². The Morgan fingerprint density at radius 3 is 2.67 bits per heavy atom. The van der Waals surface area contributed by atoms with Crippen molar-refractivity contribution in [2.45, 2.75) is 32.4 Å². The van der Waals surface area contributed by atoms with Crippen LogP contribution in [0.3, 0.4) is 0 Å². The summed E-state index contributed by atoms with van der Waals surface area (Å²) in [4.78, 5) is 10.7. The molecule has 0 N–H and O–H groups in total. The molecule has 1 aliphatic rings. The van der Waals surface area contributed by atoms with Gasteiger partial charge in [-0.25, -0.2) is 0 Å². The second-order valence-corrected chi connectivity index (χ2v) is 5.44. The molecule has 0 fully saturated rings. The molecule has 0 aromatic carbocycles. The molecule has 12 heavy (non-hydrogen) atoms. The van der Waals surface area contributed by atoms with Crippen LogP contribution in [-0.2, 0) is 4.79 Å². The maximum absolute atomic E-state index is 10.7. The molecule has 0 aliphatic carbocycles. The normalized spacial score (nSPS) is 24.9. The molecule has 0 amide bonds. The van der Waals surface area contributed by atoms with Crippen molar-refractivity contribution in [1.82, 2.24) is 0 Å². The van der Waals surface area contributed by atoms with Gasteiger partial charge in [0.25, 0.3) is 0 Å². The Morgan fingerprint density at radius 2 is 2.25 bits per heavy atom. The van der Waals surface area contributed by atoms with Crippen molar-refractivity contribution in [1.29, 1.82) is 0 Å². The fourth-order valence-electron chi connectivity index (χ4n) is 1.47. The molecule has 1 unspecified atom stereocenters. The summed E-state index contributed by atoms with van der Waals surface area (Å²) in [5.41, 5.74) is 1.19. The van der Waals surface area contributed by atoms with Crippen LogP contribution < -0.4 is 0 Å². The van der Waals surface area contributed by atoms with Crippen LogP contribution in [0.2, 0.25) is 0 Å². The van der Waals surface area contributed by atoms with E-state index in [9.17, 15) is 4.79 Å². The van der Waals surface area contributed by atoms with Gasteiger partial charge in [-0.1, -0.05) is 26.8 Å². The molecule has 0 aromatic heterocycles. The van der Waals surface area contributed by atoms with Crippen molar-refractivity contribution < 1.29 is 4.79 Å². The lowest BCUT2D eigenvalue weighted by atomic mass is 9.87. The predicted octanol–water partition coefficient (Wildman–Crippen LogP) is 2.66. The van der Waals surface area contributed by atoms with Gasteiger partial charge in [0.15, 0.2) is 0 Å². The third-order valence-electron chi connectivity index (χ3n) is 2.01. The molecule has 0 bridgehead atoms. The quantitative estimate of drug-likeness (QED) is 0.583. The zero-order valence-electron chi connectivity index (χ0n) is 7.96. The van der Waals surface area contributed by atoms with Gasteiger partial charge >= 0.3 is 0 Å². The van der Waals surface area contributed by atoms with Crippen LogP contribution in [-0.4, -0.2) is 17.3 Å². The van der Waals surface area contributed by atoms with E-state index < -0.39 is 0 Å². The monoisotopic (exact) mass is 184 g/mol. The number of allylic oxidation sites excluding steroid dienone is 1. The molecule has 0 saturated carbocycles. The van der Waals surface area contributed by atoms with E-state index in [1.807, 2.05) is 11.8 Å². The Balaban J connectivity index is 2.81. The molecule has 1 nitrogen and oxygen atoms in total. The molecule has 0 radical (unpaired) electrons. The lowest BCUT2D eigenvalue weighted by molar-refractivity contribution is -0.105.